The number of hydrogen-bond donors (Lipinski definition) is 4. The van der Waals surface area contributed by atoms with Gasteiger partial charge in [-0.3, -0.25) is 9.11 Å². The summed E-state index contributed by atoms with van der Waals surface area (Å²) in [5.41, 5.74) is 1.02. The quantitative estimate of drug-likeness (QED) is 0.462. The van der Waals surface area contributed by atoms with Crippen molar-refractivity contribution < 1.29 is 37.3 Å². The number of para-hydroxylation sites is 1. The molecule has 0 aliphatic carbocycles. The van der Waals surface area contributed by atoms with Gasteiger partial charge in [0.25, 0.3) is 0 Å². The van der Waals surface area contributed by atoms with Crippen LogP contribution in [0.3, 0.4) is 0 Å². The van der Waals surface area contributed by atoms with E-state index in [-0.39, 0.29) is 11.4 Å². The van der Waals surface area contributed by atoms with Crippen molar-refractivity contribution in [3.05, 3.63) is 59.4 Å². The Labute approximate surface area is 166 Å². The Morgan fingerprint density at radius 2 is 1.69 bits per heavy atom. The van der Waals surface area contributed by atoms with E-state index in [2.05, 4.69) is 4.98 Å². The second-order valence-electron chi connectivity index (χ2n) is 5.92. The van der Waals surface area contributed by atoms with Crippen LogP contribution in [0.4, 0.5) is 0 Å². The van der Waals surface area contributed by atoms with Crippen LogP contribution in [0.2, 0.25) is 0 Å². The molecule has 1 aromatic heterocycles. The average Bonchev–Trinajstić information content (AvgIpc) is 2.63. The Hall–Kier alpha value is -3.21. The van der Waals surface area contributed by atoms with Gasteiger partial charge in [0, 0.05) is 16.5 Å². The highest BCUT2D eigenvalue weighted by molar-refractivity contribution is 7.79. The van der Waals surface area contributed by atoms with Gasteiger partial charge in [-0.05, 0) is 43.2 Å². The van der Waals surface area contributed by atoms with Gasteiger partial charge >= 0.3 is 16.4 Å². The van der Waals surface area contributed by atoms with E-state index >= 15 is 0 Å². The number of pyridine rings is 1. The topological polar surface area (TPSA) is 154 Å². The van der Waals surface area contributed by atoms with E-state index in [9.17, 15) is 15.0 Å². The minimum atomic E-state index is -4.67. The normalized spacial score (nSPS) is 10.9. The van der Waals surface area contributed by atoms with Gasteiger partial charge < -0.3 is 14.9 Å². The maximum atomic E-state index is 11.3. The second-order valence-corrected chi connectivity index (χ2v) is 6.82. The lowest BCUT2D eigenvalue weighted by Gasteiger charge is -2.14. The zero-order valence-corrected chi connectivity index (χ0v) is 16.3. The molecule has 4 N–H and O–H groups in total. The van der Waals surface area contributed by atoms with Crippen LogP contribution in [-0.4, -0.2) is 38.7 Å². The van der Waals surface area contributed by atoms with E-state index in [1.807, 2.05) is 43.3 Å². The minimum absolute atomic E-state index is 0.300. The Morgan fingerprint density at radius 3 is 2.21 bits per heavy atom. The van der Waals surface area contributed by atoms with Crippen LogP contribution >= 0.6 is 0 Å². The van der Waals surface area contributed by atoms with Crippen LogP contribution in [-0.2, 0) is 16.8 Å². The zero-order chi connectivity index (χ0) is 21.8. The lowest BCUT2D eigenvalue weighted by atomic mass is 9.99. The molecule has 2 aromatic carbocycles. The van der Waals surface area contributed by atoms with E-state index in [4.69, 9.17) is 22.3 Å². The molecular formula is C19H19NO8S. The highest BCUT2D eigenvalue weighted by Crippen LogP contribution is 2.36. The number of nitrogens with zero attached hydrogens (tertiary/aromatic N) is 1. The fraction of sp³-hybridized carbons (Fsp3) is 0.158. The van der Waals surface area contributed by atoms with E-state index in [1.54, 1.807) is 13.0 Å². The van der Waals surface area contributed by atoms with E-state index in [1.165, 1.54) is 0 Å². The number of rotatable bonds is 4. The summed E-state index contributed by atoms with van der Waals surface area (Å²) in [6, 6.07) is 13.0. The fourth-order valence-corrected chi connectivity index (χ4v) is 2.75. The van der Waals surface area contributed by atoms with Crippen LogP contribution in [0, 0.1) is 6.92 Å². The lowest BCUT2D eigenvalue weighted by Crippen LogP contribution is -2.04. The molecule has 0 spiro atoms. The number of aryl methyl sites for hydroxylation is 2. The number of aromatic hydroxyl groups is 1. The molecule has 0 amide bonds. The molecule has 0 unspecified atom stereocenters. The fourth-order valence-electron chi connectivity index (χ4n) is 2.75. The summed E-state index contributed by atoms with van der Waals surface area (Å²) < 4.78 is 37.5. The first kappa shape index (κ1) is 22.1. The number of ether oxygens (including phenoxy) is 1. The van der Waals surface area contributed by atoms with Gasteiger partial charge in [-0.15, -0.1) is 0 Å². The molecule has 0 radical (unpaired) electrons. The largest absolute Gasteiger partial charge is 0.505 e. The van der Waals surface area contributed by atoms with Gasteiger partial charge in [-0.2, -0.15) is 8.42 Å². The third kappa shape index (κ3) is 5.88. The summed E-state index contributed by atoms with van der Waals surface area (Å²) in [4.78, 5) is 15.3. The molecule has 0 bridgehead atoms. The molecule has 3 aromatic rings. The first-order valence-corrected chi connectivity index (χ1v) is 9.73. The van der Waals surface area contributed by atoms with Gasteiger partial charge in [0.2, 0.25) is 0 Å². The maximum Gasteiger partial charge on any atom is 0.394 e. The predicted molar refractivity (Wildman–Crippen MR) is 105 cm³/mol. The zero-order valence-electron chi connectivity index (χ0n) is 15.5. The van der Waals surface area contributed by atoms with Gasteiger partial charge in [-0.1, -0.05) is 25.1 Å². The summed E-state index contributed by atoms with van der Waals surface area (Å²) in [5, 5.41) is 20.8. The van der Waals surface area contributed by atoms with Crippen LogP contribution in [0.1, 0.15) is 28.7 Å². The molecule has 10 heteroatoms. The van der Waals surface area contributed by atoms with Crippen LogP contribution in [0.5, 0.6) is 17.2 Å². The molecule has 0 atom stereocenters. The van der Waals surface area contributed by atoms with Crippen molar-refractivity contribution in [1.29, 1.82) is 0 Å². The second kappa shape index (κ2) is 8.86. The number of aromatic nitrogens is 1. The van der Waals surface area contributed by atoms with Crippen LogP contribution < -0.4 is 4.74 Å². The van der Waals surface area contributed by atoms with Crippen molar-refractivity contribution in [2.75, 3.05) is 0 Å². The molecular weight excluding hydrogens is 402 g/mol. The number of hydrogen-bond acceptors (Lipinski definition) is 6. The number of carboxylic acids is 1. The summed E-state index contributed by atoms with van der Waals surface area (Å²) in [5.74, 6) is -0.218. The molecule has 29 heavy (non-hydrogen) atoms. The van der Waals surface area contributed by atoms with Crippen LogP contribution in [0.15, 0.2) is 42.5 Å². The average molecular weight is 421 g/mol. The van der Waals surface area contributed by atoms with Gasteiger partial charge in [0.1, 0.15) is 11.5 Å². The molecule has 0 saturated carbocycles. The van der Waals surface area contributed by atoms with Gasteiger partial charge in [0.15, 0.2) is 11.4 Å². The van der Waals surface area contributed by atoms with Crippen molar-refractivity contribution in [1.82, 2.24) is 4.98 Å². The van der Waals surface area contributed by atoms with Gasteiger partial charge in [0.05, 0.1) is 0 Å². The van der Waals surface area contributed by atoms with Crippen LogP contribution in [0.25, 0.3) is 10.8 Å². The molecule has 0 saturated heterocycles. The number of aromatic carboxylic acids is 1. The third-order valence-corrected chi connectivity index (χ3v) is 3.89. The maximum absolute atomic E-state index is 11.3. The first-order valence-electron chi connectivity index (χ1n) is 8.33. The van der Waals surface area contributed by atoms with Crippen molar-refractivity contribution >= 4 is 27.1 Å². The SMILES string of the molecule is CCc1cc(Oc2ccccc2)cc2c(C)nc(C(=O)O)c(O)c12.O=S(=O)(O)O. The Morgan fingerprint density at radius 1 is 1.10 bits per heavy atom. The third-order valence-electron chi connectivity index (χ3n) is 3.89. The molecule has 9 nitrogen and oxygen atoms in total. The smallest absolute Gasteiger partial charge is 0.394 e. The Kier molecular flexibility index (Phi) is 6.75. The first-order chi connectivity index (χ1) is 13.5. The summed E-state index contributed by atoms with van der Waals surface area (Å²) >= 11 is 0. The highest BCUT2D eigenvalue weighted by atomic mass is 32.3. The molecule has 1 heterocycles. The van der Waals surface area contributed by atoms with Crippen molar-refractivity contribution in [2.24, 2.45) is 0 Å². The molecule has 0 aliphatic heterocycles. The number of carboxylic acid groups (broad SMARTS) is 1. The van der Waals surface area contributed by atoms with E-state index in [0.717, 1.165) is 5.56 Å². The van der Waals surface area contributed by atoms with E-state index in [0.29, 0.717) is 34.4 Å². The number of carbonyl (C=O) groups is 1. The monoisotopic (exact) mass is 421 g/mol. The van der Waals surface area contributed by atoms with Crippen molar-refractivity contribution in [2.45, 2.75) is 20.3 Å². The minimum Gasteiger partial charge on any atom is -0.505 e. The molecule has 154 valence electrons. The molecule has 0 aliphatic rings. The standard InChI is InChI=1S/C19H17NO4.H2O4S/c1-3-12-9-14(24-13-7-5-4-6-8-13)10-15-11(2)20-17(19(22)23)18(21)16(12)15;1-5(2,3)4/h4-10,21H,3H2,1-2H3,(H,22,23);(H2,1,2,3,4). The predicted octanol–water partition coefficient (Wildman–Crippen LogP) is 3.65. The van der Waals surface area contributed by atoms with Gasteiger partial charge in [-0.25, -0.2) is 9.78 Å². The Balaban J connectivity index is 0.000000537. The number of benzene rings is 2. The lowest BCUT2D eigenvalue weighted by molar-refractivity contribution is 0.0687. The Bertz CT molecular complexity index is 1140. The van der Waals surface area contributed by atoms with Crippen molar-refractivity contribution in [3.63, 3.8) is 0 Å². The summed E-state index contributed by atoms with van der Waals surface area (Å²) in [6.45, 7) is 3.66. The van der Waals surface area contributed by atoms with E-state index < -0.39 is 16.4 Å². The number of fused-ring (bicyclic) bond motifs is 1. The van der Waals surface area contributed by atoms with Crippen molar-refractivity contribution in [3.8, 4) is 17.2 Å². The highest BCUT2D eigenvalue weighted by Gasteiger charge is 2.20. The summed E-state index contributed by atoms with van der Waals surface area (Å²) in [7, 11) is -4.67. The summed E-state index contributed by atoms with van der Waals surface area (Å²) in [6.07, 6.45) is 0.624. The molecule has 0 fully saturated rings. The molecule has 3 rings (SSSR count).